The highest BCUT2D eigenvalue weighted by molar-refractivity contribution is 7.92. The van der Waals surface area contributed by atoms with Gasteiger partial charge in [0.2, 0.25) is 12.1 Å². The fourth-order valence-electron chi connectivity index (χ4n) is 4.07. The van der Waals surface area contributed by atoms with E-state index in [1.165, 1.54) is 18.4 Å². The summed E-state index contributed by atoms with van der Waals surface area (Å²) < 4.78 is 39.4. The van der Waals surface area contributed by atoms with Crippen molar-refractivity contribution in [3.8, 4) is 11.1 Å². The zero-order valence-electron chi connectivity index (χ0n) is 20.5. The zero-order valence-corrected chi connectivity index (χ0v) is 21.3. The molecule has 192 valence electrons. The molecule has 1 aliphatic heterocycles. The Balaban J connectivity index is 1.19. The van der Waals surface area contributed by atoms with Crippen molar-refractivity contribution in [2.45, 2.75) is 11.1 Å². The van der Waals surface area contributed by atoms with Gasteiger partial charge in [-0.3, -0.25) is 4.72 Å². The van der Waals surface area contributed by atoms with Crippen LogP contribution in [-0.4, -0.2) is 19.6 Å². The maximum absolute atomic E-state index is 12.6. The van der Waals surface area contributed by atoms with Gasteiger partial charge in [-0.25, -0.2) is 13.4 Å². The summed E-state index contributed by atoms with van der Waals surface area (Å²) in [6.45, 7) is 0. The van der Waals surface area contributed by atoms with Crippen molar-refractivity contribution in [3.63, 3.8) is 0 Å². The minimum Gasteiger partial charge on any atom is -0.471 e. The maximum atomic E-state index is 12.6. The molecule has 39 heavy (non-hydrogen) atoms. The van der Waals surface area contributed by atoms with Crippen LogP contribution in [0.5, 0.6) is 0 Å². The van der Waals surface area contributed by atoms with Gasteiger partial charge in [-0.1, -0.05) is 60.7 Å². The molecule has 1 N–H and O–H groups in total. The van der Waals surface area contributed by atoms with Crippen molar-refractivity contribution in [2.24, 2.45) is 10.2 Å². The second-order valence-corrected chi connectivity index (χ2v) is 10.4. The van der Waals surface area contributed by atoms with E-state index in [1.807, 2.05) is 36.4 Å². The molecule has 0 saturated carbocycles. The molecule has 8 nitrogen and oxygen atoms in total. The van der Waals surface area contributed by atoms with Crippen molar-refractivity contribution in [1.82, 2.24) is 4.98 Å². The molecule has 0 saturated heterocycles. The SMILES string of the molecule is O=S(=O)(Nc1cccc(N=NC2C=C(c3nc4cc(-c5ccccc5)ccc4o3)C=CO2)c1)c1ccccc1. The number of nitrogens with one attached hydrogen (secondary N) is 1. The van der Waals surface area contributed by atoms with Gasteiger partial charge in [0.15, 0.2) is 5.58 Å². The Bertz CT molecular complexity index is 1830. The smallest absolute Gasteiger partial charge is 0.261 e. The second-order valence-electron chi connectivity index (χ2n) is 8.70. The lowest BCUT2D eigenvalue weighted by Gasteiger charge is -2.12. The van der Waals surface area contributed by atoms with E-state index in [1.54, 1.807) is 54.6 Å². The topological polar surface area (TPSA) is 106 Å². The third-order valence-corrected chi connectivity index (χ3v) is 7.37. The molecule has 5 aromatic rings. The Labute approximate surface area is 225 Å². The van der Waals surface area contributed by atoms with Crippen LogP contribution in [0.1, 0.15) is 5.89 Å². The number of fused-ring (bicyclic) bond motifs is 1. The molecule has 0 bridgehead atoms. The van der Waals surface area contributed by atoms with Gasteiger partial charge in [-0.05, 0) is 65.7 Å². The van der Waals surface area contributed by atoms with Crippen molar-refractivity contribution in [1.29, 1.82) is 0 Å². The second kappa shape index (κ2) is 10.4. The Hall–Kier alpha value is -5.02. The van der Waals surface area contributed by atoms with Gasteiger partial charge in [-0.2, -0.15) is 5.11 Å². The van der Waals surface area contributed by atoms with E-state index < -0.39 is 16.3 Å². The number of nitrogens with zero attached hydrogens (tertiary/aromatic N) is 3. The monoisotopic (exact) mass is 534 g/mol. The highest BCUT2D eigenvalue weighted by Gasteiger charge is 2.17. The summed E-state index contributed by atoms with van der Waals surface area (Å²) in [6.07, 6.45) is 4.33. The first-order valence-electron chi connectivity index (χ1n) is 12.1. The molecule has 0 fully saturated rings. The first-order chi connectivity index (χ1) is 19.0. The van der Waals surface area contributed by atoms with Gasteiger partial charge in [0.05, 0.1) is 22.5 Å². The molecular formula is C30H22N4O4S. The highest BCUT2D eigenvalue weighted by Crippen LogP contribution is 2.29. The fraction of sp³-hybridized carbons (Fsp3) is 0.0333. The number of anilines is 1. The summed E-state index contributed by atoms with van der Waals surface area (Å²) in [6, 6.07) is 30.8. The predicted octanol–water partition coefficient (Wildman–Crippen LogP) is 7.33. The first-order valence-corrected chi connectivity index (χ1v) is 13.6. The van der Waals surface area contributed by atoms with Crippen molar-refractivity contribution in [3.05, 3.63) is 127 Å². The standard InChI is InChI=1S/C30H22N4O4S/c35-39(36,26-12-5-2-6-13-26)34-25-11-7-10-24(20-25)32-33-29-19-23(16-17-37-29)30-31-27-18-22(14-15-28(27)38-30)21-8-3-1-4-9-21/h1-20,29,34H. The lowest BCUT2D eigenvalue weighted by molar-refractivity contribution is 0.186. The molecular weight excluding hydrogens is 512 g/mol. The number of aromatic nitrogens is 1. The number of hydrogen-bond donors (Lipinski definition) is 1. The van der Waals surface area contributed by atoms with E-state index in [4.69, 9.17) is 9.15 Å². The van der Waals surface area contributed by atoms with Crippen LogP contribution in [0.3, 0.4) is 0 Å². The van der Waals surface area contributed by atoms with Crippen LogP contribution in [0.25, 0.3) is 27.8 Å². The van der Waals surface area contributed by atoms with Crippen LogP contribution >= 0.6 is 0 Å². The van der Waals surface area contributed by atoms with Crippen LogP contribution in [0.2, 0.25) is 0 Å². The fourth-order valence-corrected chi connectivity index (χ4v) is 5.15. The molecule has 1 unspecified atom stereocenters. The van der Waals surface area contributed by atoms with Crippen molar-refractivity contribution in [2.75, 3.05) is 4.72 Å². The van der Waals surface area contributed by atoms with Crippen LogP contribution in [0.15, 0.2) is 141 Å². The number of benzene rings is 4. The lowest BCUT2D eigenvalue weighted by Crippen LogP contribution is -2.12. The number of rotatable bonds is 7. The number of hydrogen-bond acceptors (Lipinski definition) is 7. The van der Waals surface area contributed by atoms with Crippen LogP contribution in [-0.2, 0) is 14.8 Å². The van der Waals surface area contributed by atoms with Crippen molar-refractivity contribution < 1.29 is 17.6 Å². The molecule has 0 amide bonds. The minimum atomic E-state index is -3.72. The third kappa shape index (κ3) is 5.48. The number of allylic oxidation sites excluding steroid dienone is 2. The van der Waals surface area contributed by atoms with Gasteiger partial charge < -0.3 is 9.15 Å². The van der Waals surface area contributed by atoms with E-state index in [0.717, 1.165) is 16.6 Å². The maximum Gasteiger partial charge on any atom is 0.261 e. The van der Waals surface area contributed by atoms with E-state index in [9.17, 15) is 8.42 Å². The zero-order chi connectivity index (χ0) is 26.7. The number of ether oxygens (including phenoxy) is 1. The third-order valence-electron chi connectivity index (χ3n) is 5.97. The average molecular weight is 535 g/mol. The number of sulfonamides is 1. The molecule has 6 rings (SSSR count). The molecule has 0 spiro atoms. The summed E-state index contributed by atoms with van der Waals surface area (Å²) in [7, 11) is -3.72. The van der Waals surface area contributed by atoms with Crippen LogP contribution in [0, 0.1) is 0 Å². The Morgan fingerprint density at radius 2 is 1.62 bits per heavy atom. The summed E-state index contributed by atoms with van der Waals surface area (Å²) in [5.74, 6) is 0.451. The molecule has 0 aliphatic carbocycles. The lowest BCUT2D eigenvalue weighted by atomic mass is 10.1. The first kappa shape index (κ1) is 24.3. The minimum absolute atomic E-state index is 0.174. The molecule has 4 aromatic carbocycles. The highest BCUT2D eigenvalue weighted by atomic mass is 32.2. The summed E-state index contributed by atoms with van der Waals surface area (Å²) in [5, 5.41) is 8.51. The largest absolute Gasteiger partial charge is 0.471 e. The quantitative estimate of drug-likeness (QED) is 0.220. The van der Waals surface area contributed by atoms with Crippen LogP contribution in [0.4, 0.5) is 11.4 Å². The van der Waals surface area contributed by atoms with E-state index >= 15 is 0 Å². The molecule has 1 aliphatic rings. The number of oxazole rings is 1. The predicted molar refractivity (Wildman–Crippen MR) is 150 cm³/mol. The molecule has 1 atom stereocenters. The van der Waals surface area contributed by atoms with Gasteiger partial charge in [0, 0.05) is 5.57 Å². The Morgan fingerprint density at radius 3 is 2.44 bits per heavy atom. The van der Waals surface area contributed by atoms with E-state index in [0.29, 0.717) is 28.4 Å². The van der Waals surface area contributed by atoms with Crippen molar-refractivity contribution >= 4 is 38.1 Å². The van der Waals surface area contributed by atoms with E-state index in [-0.39, 0.29) is 4.90 Å². The molecule has 1 aromatic heterocycles. The average Bonchev–Trinajstić information content (AvgIpc) is 3.41. The molecule has 9 heteroatoms. The molecule has 2 heterocycles. The number of azo groups is 1. The summed E-state index contributed by atoms with van der Waals surface area (Å²) in [4.78, 5) is 4.84. The van der Waals surface area contributed by atoms with Gasteiger partial charge in [0.1, 0.15) is 5.52 Å². The normalized spacial score (nSPS) is 15.3. The van der Waals surface area contributed by atoms with Crippen LogP contribution < -0.4 is 4.72 Å². The van der Waals surface area contributed by atoms with Gasteiger partial charge in [0.25, 0.3) is 10.0 Å². The summed E-state index contributed by atoms with van der Waals surface area (Å²) >= 11 is 0. The Morgan fingerprint density at radius 1 is 0.821 bits per heavy atom. The Kier molecular flexibility index (Phi) is 6.48. The summed E-state index contributed by atoms with van der Waals surface area (Å²) in [5.41, 5.74) is 5.14. The van der Waals surface area contributed by atoms with Gasteiger partial charge >= 0.3 is 0 Å². The van der Waals surface area contributed by atoms with E-state index in [2.05, 4.69) is 32.1 Å². The molecule has 0 radical (unpaired) electrons. The van der Waals surface area contributed by atoms with Gasteiger partial charge in [-0.15, -0.1) is 5.11 Å².